The molecule has 2 aliphatic rings. The van der Waals surface area contributed by atoms with E-state index in [2.05, 4.69) is 19.7 Å². The summed E-state index contributed by atoms with van der Waals surface area (Å²) in [5.74, 6) is 2.51. The Morgan fingerprint density at radius 2 is 1.93 bits per heavy atom. The molecule has 1 saturated heterocycles. The molecule has 4 rings (SSSR count). The second kappa shape index (κ2) is 8.70. The van der Waals surface area contributed by atoms with Crippen LogP contribution in [0.1, 0.15) is 61.7 Å². The standard InChI is InChI=1S/C21H28ClFN4/c22-18-15-17(7-8-19(18)23)16-9-13-26(14-10-16)11-4-6-21-25-24-20-5-2-1-3-12-27(20)21/h7-8,15-16H,1-6,9-14H2. The van der Waals surface area contributed by atoms with E-state index in [4.69, 9.17) is 11.6 Å². The summed E-state index contributed by atoms with van der Waals surface area (Å²) in [4.78, 5) is 2.54. The number of piperidine rings is 1. The molecule has 0 saturated carbocycles. The van der Waals surface area contributed by atoms with Crippen molar-refractivity contribution in [3.63, 3.8) is 0 Å². The zero-order chi connectivity index (χ0) is 18.6. The second-order valence-electron chi connectivity index (χ2n) is 7.89. The van der Waals surface area contributed by atoms with Crippen molar-refractivity contribution in [1.29, 1.82) is 0 Å². The molecule has 0 spiro atoms. The monoisotopic (exact) mass is 390 g/mol. The Balaban J connectivity index is 1.24. The Labute approximate surface area is 165 Å². The van der Waals surface area contributed by atoms with Crippen LogP contribution in [0, 0.1) is 5.82 Å². The van der Waals surface area contributed by atoms with Crippen LogP contribution in [-0.4, -0.2) is 39.3 Å². The molecule has 2 aliphatic heterocycles. The van der Waals surface area contributed by atoms with E-state index in [0.717, 1.165) is 58.3 Å². The first-order chi connectivity index (χ1) is 13.2. The smallest absolute Gasteiger partial charge is 0.141 e. The fourth-order valence-corrected chi connectivity index (χ4v) is 4.64. The van der Waals surface area contributed by atoms with Gasteiger partial charge in [-0.15, -0.1) is 10.2 Å². The van der Waals surface area contributed by atoms with Crippen LogP contribution in [-0.2, 0) is 19.4 Å². The summed E-state index contributed by atoms with van der Waals surface area (Å²) in [6, 6.07) is 5.18. The predicted octanol–water partition coefficient (Wildman–Crippen LogP) is 4.61. The molecule has 146 valence electrons. The molecular formula is C21H28ClFN4. The summed E-state index contributed by atoms with van der Waals surface area (Å²) < 4.78 is 15.7. The van der Waals surface area contributed by atoms with E-state index < -0.39 is 0 Å². The van der Waals surface area contributed by atoms with Gasteiger partial charge in [-0.25, -0.2) is 4.39 Å². The zero-order valence-electron chi connectivity index (χ0n) is 15.8. The summed E-state index contributed by atoms with van der Waals surface area (Å²) in [5.41, 5.74) is 1.17. The molecule has 0 atom stereocenters. The highest BCUT2D eigenvalue weighted by molar-refractivity contribution is 6.30. The Morgan fingerprint density at radius 3 is 2.74 bits per heavy atom. The van der Waals surface area contributed by atoms with Crippen LogP contribution in [0.4, 0.5) is 4.39 Å². The van der Waals surface area contributed by atoms with Crippen molar-refractivity contribution in [3.05, 3.63) is 46.3 Å². The number of aryl methyl sites for hydroxylation is 2. The summed E-state index contributed by atoms with van der Waals surface area (Å²) in [6.07, 6.45) is 9.24. The molecule has 1 aromatic carbocycles. The number of halogens is 2. The Bertz CT molecular complexity index is 768. The normalized spacial score (nSPS) is 19.0. The molecule has 3 heterocycles. The van der Waals surface area contributed by atoms with Crippen LogP contribution < -0.4 is 0 Å². The van der Waals surface area contributed by atoms with E-state index in [-0.39, 0.29) is 10.8 Å². The molecule has 0 bridgehead atoms. The number of nitrogens with zero attached hydrogens (tertiary/aromatic N) is 4. The number of hydrogen-bond acceptors (Lipinski definition) is 3. The maximum Gasteiger partial charge on any atom is 0.141 e. The van der Waals surface area contributed by atoms with E-state index in [0.29, 0.717) is 5.92 Å². The fraction of sp³-hybridized carbons (Fsp3) is 0.619. The summed E-state index contributed by atoms with van der Waals surface area (Å²) >= 11 is 5.94. The summed E-state index contributed by atoms with van der Waals surface area (Å²) in [5, 5.41) is 9.08. The van der Waals surface area contributed by atoms with Crippen LogP contribution in [0.15, 0.2) is 18.2 Å². The zero-order valence-corrected chi connectivity index (χ0v) is 16.6. The third-order valence-electron chi connectivity index (χ3n) is 6.06. The van der Waals surface area contributed by atoms with Crippen molar-refractivity contribution < 1.29 is 4.39 Å². The van der Waals surface area contributed by atoms with Gasteiger partial charge in [0.25, 0.3) is 0 Å². The molecule has 0 aliphatic carbocycles. The average Bonchev–Trinajstić information content (AvgIpc) is 2.91. The van der Waals surface area contributed by atoms with Gasteiger partial charge < -0.3 is 9.47 Å². The molecule has 4 nitrogen and oxygen atoms in total. The first-order valence-electron chi connectivity index (χ1n) is 10.3. The van der Waals surface area contributed by atoms with Crippen molar-refractivity contribution in [2.45, 2.75) is 63.8 Å². The second-order valence-corrected chi connectivity index (χ2v) is 8.29. The highest BCUT2D eigenvalue weighted by Crippen LogP contribution is 2.30. The van der Waals surface area contributed by atoms with Crippen LogP contribution in [0.5, 0.6) is 0 Å². The summed E-state index contributed by atoms with van der Waals surface area (Å²) in [7, 11) is 0. The van der Waals surface area contributed by atoms with Crippen molar-refractivity contribution >= 4 is 11.6 Å². The molecule has 1 aromatic heterocycles. The third-order valence-corrected chi connectivity index (χ3v) is 6.35. The Morgan fingerprint density at radius 1 is 1.07 bits per heavy atom. The molecule has 0 N–H and O–H groups in total. The minimum absolute atomic E-state index is 0.238. The fourth-order valence-electron chi connectivity index (χ4n) is 4.45. The maximum absolute atomic E-state index is 13.4. The SMILES string of the molecule is Fc1ccc(C2CCN(CCCc3nnc4n3CCCCC4)CC2)cc1Cl. The number of benzene rings is 1. The lowest BCUT2D eigenvalue weighted by atomic mass is 9.89. The van der Waals surface area contributed by atoms with Gasteiger partial charge in [-0.1, -0.05) is 24.1 Å². The molecule has 0 unspecified atom stereocenters. The number of rotatable bonds is 5. The number of likely N-dealkylation sites (tertiary alicyclic amines) is 1. The number of aromatic nitrogens is 3. The highest BCUT2D eigenvalue weighted by Gasteiger charge is 2.21. The highest BCUT2D eigenvalue weighted by atomic mass is 35.5. The molecule has 2 aromatic rings. The van der Waals surface area contributed by atoms with Gasteiger partial charge in [0.15, 0.2) is 0 Å². The van der Waals surface area contributed by atoms with Crippen molar-refractivity contribution in [3.8, 4) is 0 Å². The lowest BCUT2D eigenvalue weighted by Gasteiger charge is -2.32. The largest absolute Gasteiger partial charge is 0.315 e. The van der Waals surface area contributed by atoms with E-state index >= 15 is 0 Å². The molecule has 6 heteroatoms. The van der Waals surface area contributed by atoms with Gasteiger partial charge in [0.2, 0.25) is 0 Å². The predicted molar refractivity (Wildman–Crippen MR) is 106 cm³/mol. The molecule has 27 heavy (non-hydrogen) atoms. The number of hydrogen-bond donors (Lipinski definition) is 0. The average molecular weight is 391 g/mol. The first-order valence-corrected chi connectivity index (χ1v) is 10.7. The lowest BCUT2D eigenvalue weighted by molar-refractivity contribution is 0.209. The molecule has 0 radical (unpaired) electrons. The van der Waals surface area contributed by atoms with Crippen molar-refractivity contribution in [1.82, 2.24) is 19.7 Å². The van der Waals surface area contributed by atoms with Gasteiger partial charge in [-0.2, -0.15) is 0 Å². The van der Waals surface area contributed by atoms with Gasteiger partial charge in [-0.05, 0) is 75.4 Å². The van der Waals surface area contributed by atoms with Gasteiger partial charge in [0.1, 0.15) is 17.5 Å². The van der Waals surface area contributed by atoms with Gasteiger partial charge in [-0.3, -0.25) is 0 Å². The van der Waals surface area contributed by atoms with Crippen LogP contribution in [0.2, 0.25) is 5.02 Å². The summed E-state index contributed by atoms with van der Waals surface area (Å²) in [6.45, 7) is 4.39. The van der Waals surface area contributed by atoms with E-state index in [9.17, 15) is 4.39 Å². The molecular weight excluding hydrogens is 363 g/mol. The van der Waals surface area contributed by atoms with Crippen LogP contribution in [0.3, 0.4) is 0 Å². The van der Waals surface area contributed by atoms with E-state index in [1.165, 1.54) is 42.5 Å². The van der Waals surface area contributed by atoms with E-state index in [1.807, 2.05) is 6.07 Å². The topological polar surface area (TPSA) is 34.0 Å². The first kappa shape index (κ1) is 18.9. The van der Waals surface area contributed by atoms with Crippen molar-refractivity contribution in [2.75, 3.05) is 19.6 Å². The van der Waals surface area contributed by atoms with Gasteiger partial charge in [0, 0.05) is 19.4 Å². The van der Waals surface area contributed by atoms with Crippen LogP contribution in [0.25, 0.3) is 0 Å². The Kier molecular flexibility index (Phi) is 6.08. The van der Waals surface area contributed by atoms with E-state index in [1.54, 1.807) is 6.07 Å². The third kappa shape index (κ3) is 4.52. The number of fused-ring (bicyclic) bond motifs is 1. The van der Waals surface area contributed by atoms with Crippen LogP contribution >= 0.6 is 11.6 Å². The quantitative estimate of drug-likeness (QED) is 0.747. The molecule has 0 amide bonds. The minimum atomic E-state index is -0.329. The maximum atomic E-state index is 13.4. The van der Waals surface area contributed by atoms with Crippen molar-refractivity contribution in [2.24, 2.45) is 0 Å². The Hall–Kier alpha value is -1.46. The lowest BCUT2D eigenvalue weighted by Crippen LogP contribution is -2.34. The minimum Gasteiger partial charge on any atom is -0.315 e. The van der Waals surface area contributed by atoms with Gasteiger partial charge in [0.05, 0.1) is 5.02 Å². The molecule has 1 fully saturated rings. The van der Waals surface area contributed by atoms with Gasteiger partial charge >= 0.3 is 0 Å².